The molecule has 1 fully saturated rings. The summed E-state index contributed by atoms with van der Waals surface area (Å²) in [6.45, 7) is -0.801. The van der Waals surface area contributed by atoms with Crippen molar-refractivity contribution in [1.82, 2.24) is 0 Å². The Balaban J connectivity index is 2.84. The van der Waals surface area contributed by atoms with Gasteiger partial charge in [0.25, 0.3) is 0 Å². The lowest BCUT2D eigenvalue weighted by molar-refractivity contribution is -0.313. The first-order valence-corrected chi connectivity index (χ1v) is 7.89. The average molecular weight is 356 g/mol. The Bertz CT molecular complexity index is 305. The topological polar surface area (TPSA) is 147 Å². The lowest BCUT2D eigenvalue weighted by Gasteiger charge is -2.44. The molecular formula is C14H28O10. The van der Waals surface area contributed by atoms with E-state index in [4.69, 9.17) is 44.1 Å². The molecule has 0 unspecified atom stereocenters. The molecule has 10 nitrogen and oxygen atoms in total. The van der Waals surface area contributed by atoms with E-state index in [1.165, 1.54) is 0 Å². The summed E-state index contributed by atoms with van der Waals surface area (Å²) in [5, 5.41) is 45.8. The smallest absolute Gasteiger partial charge is 0.184 e. The standard InChI is InChI=1S/C14H28O10/c15-1-5-20-9-10-11(21-6-2-16)12(22-7-3-17)13(14(19)24-10)23-8-4-18/h10-19H,1-9H2/t10-,11-,12+,13-,14+/m1/s1. The molecule has 5 N–H and O–H groups in total. The second kappa shape index (κ2) is 12.9. The summed E-state index contributed by atoms with van der Waals surface area (Å²) < 4.78 is 27.2. The molecule has 0 aliphatic carbocycles. The van der Waals surface area contributed by atoms with Gasteiger partial charge in [-0.2, -0.15) is 0 Å². The van der Waals surface area contributed by atoms with Crippen LogP contribution < -0.4 is 0 Å². The monoisotopic (exact) mass is 356 g/mol. The van der Waals surface area contributed by atoms with Crippen molar-refractivity contribution in [3.8, 4) is 0 Å². The van der Waals surface area contributed by atoms with Gasteiger partial charge in [0.2, 0.25) is 0 Å². The molecule has 10 heteroatoms. The van der Waals surface area contributed by atoms with Crippen molar-refractivity contribution in [3.63, 3.8) is 0 Å². The van der Waals surface area contributed by atoms with Gasteiger partial charge in [-0.3, -0.25) is 0 Å². The SMILES string of the molecule is OCCOC[C@H]1O[C@H](O)[C@H](OCCO)[C@@H](OCCO)[C@@H]1OCCO. The van der Waals surface area contributed by atoms with Gasteiger partial charge >= 0.3 is 0 Å². The molecule has 0 bridgehead atoms. The number of hydrogen-bond acceptors (Lipinski definition) is 10. The minimum Gasteiger partial charge on any atom is -0.394 e. The van der Waals surface area contributed by atoms with E-state index in [2.05, 4.69) is 0 Å². The fraction of sp³-hybridized carbons (Fsp3) is 1.00. The lowest BCUT2D eigenvalue weighted by Crippen LogP contribution is -2.61. The van der Waals surface area contributed by atoms with Crippen molar-refractivity contribution < 1.29 is 49.2 Å². The highest BCUT2D eigenvalue weighted by Crippen LogP contribution is 2.27. The fourth-order valence-corrected chi connectivity index (χ4v) is 2.43. The normalized spacial score (nSPS) is 30.6. The quantitative estimate of drug-likeness (QED) is 0.214. The zero-order chi connectivity index (χ0) is 17.8. The molecule has 1 aliphatic heterocycles. The second-order valence-electron chi connectivity index (χ2n) is 5.04. The highest BCUT2D eigenvalue weighted by molar-refractivity contribution is 4.92. The molecule has 1 rings (SSSR count). The summed E-state index contributed by atoms with van der Waals surface area (Å²) >= 11 is 0. The maximum absolute atomic E-state index is 10.2. The van der Waals surface area contributed by atoms with Crippen LogP contribution in [0.25, 0.3) is 0 Å². The Morgan fingerprint density at radius 3 is 1.71 bits per heavy atom. The largest absolute Gasteiger partial charge is 0.394 e. The minimum atomic E-state index is -1.35. The Morgan fingerprint density at radius 1 is 0.667 bits per heavy atom. The van der Waals surface area contributed by atoms with Crippen LogP contribution in [-0.2, 0) is 23.7 Å². The molecule has 144 valence electrons. The second-order valence-corrected chi connectivity index (χ2v) is 5.04. The van der Waals surface area contributed by atoms with E-state index in [1.54, 1.807) is 0 Å². The van der Waals surface area contributed by atoms with Crippen LogP contribution in [0, 0.1) is 0 Å². The summed E-state index contributed by atoms with van der Waals surface area (Å²) in [5.74, 6) is 0. The van der Waals surface area contributed by atoms with Crippen LogP contribution in [0.5, 0.6) is 0 Å². The van der Waals surface area contributed by atoms with Crippen LogP contribution in [0.3, 0.4) is 0 Å². The van der Waals surface area contributed by atoms with Crippen molar-refractivity contribution >= 4 is 0 Å². The van der Waals surface area contributed by atoms with Gasteiger partial charge in [0.05, 0.1) is 59.5 Å². The summed E-state index contributed by atoms with van der Waals surface area (Å²) in [7, 11) is 0. The molecule has 0 aromatic carbocycles. The molecule has 1 aliphatic rings. The zero-order valence-electron chi connectivity index (χ0n) is 13.5. The van der Waals surface area contributed by atoms with E-state index < -0.39 is 30.7 Å². The number of aliphatic hydroxyl groups is 5. The lowest BCUT2D eigenvalue weighted by atomic mass is 9.98. The molecule has 1 heterocycles. The van der Waals surface area contributed by atoms with Gasteiger partial charge in [0.15, 0.2) is 6.29 Å². The van der Waals surface area contributed by atoms with Crippen molar-refractivity contribution in [2.45, 2.75) is 30.7 Å². The zero-order valence-corrected chi connectivity index (χ0v) is 13.5. The van der Waals surface area contributed by atoms with E-state index in [9.17, 15) is 5.11 Å². The van der Waals surface area contributed by atoms with Gasteiger partial charge in [0.1, 0.15) is 24.4 Å². The van der Waals surface area contributed by atoms with Gasteiger partial charge in [-0.05, 0) is 0 Å². The van der Waals surface area contributed by atoms with Gasteiger partial charge in [0, 0.05) is 0 Å². The molecule has 1 saturated heterocycles. The Labute approximate surface area is 140 Å². The molecule has 5 atom stereocenters. The van der Waals surface area contributed by atoms with E-state index in [0.717, 1.165) is 0 Å². The Hall–Kier alpha value is -0.400. The van der Waals surface area contributed by atoms with Crippen molar-refractivity contribution in [1.29, 1.82) is 0 Å². The number of ether oxygens (including phenoxy) is 5. The van der Waals surface area contributed by atoms with Crippen LogP contribution in [-0.4, -0.2) is 116 Å². The van der Waals surface area contributed by atoms with Crippen molar-refractivity contribution in [2.24, 2.45) is 0 Å². The predicted octanol–water partition coefficient (Wildman–Crippen LogP) is -3.15. The van der Waals surface area contributed by atoms with Crippen LogP contribution >= 0.6 is 0 Å². The molecule has 24 heavy (non-hydrogen) atoms. The van der Waals surface area contributed by atoms with E-state index >= 15 is 0 Å². The molecule has 0 aromatic rings. The third-order valence-corrected chi connectivity index (χ3v) is 3.33. The Kier molecular flexibility index (Phi) is 11.6. The molecule has 0 spiro atoms. The maximum atomic E-state index is 10.2. The maximum Gasteiger partial charge on any atom is 0.184 e. The molecule has 0 saturated carbocycles. The molecule has 0 radical (unpaired) electrons. The van der Waals surface area contributed by atoms with Crippen LogP contribution in [0.2, 0.25) is 0 Å². The van der Waals surface area contributed by atoms with E-state index in [-0.39, 0.29) is 59.5 Å². The highest BCUT2D eigenvalue weighted by atomic mass is 16.7. The predicted molar refractivity (Wildman–Crippen MR) is 79.3 cm³/mol. The highest BCUT2D eigenvalue weighted by Gasteiger charge is 2.47. The van der Waals surface area contributed by atoms with Crippen LogP contribution in [0.4, 0.5) is 0 Å². The third kappa shape index (κ3) is 6.84. The summed E-state index contributed by atoms with van der Waals surface area (Å²) in [4.78, 5) is 0. The number of rotatable bonds is 13. The van der Waals surface area contributed by atoms with Crippen molar-refractivity contribution in [2.75, 3.05) is 59.5 Å². The first-order chi connectivity index (χ1) is 11.7. The van der Waals surface area contributed by atoms with E-state index in [1.807, 2.05) is 0 Å². The molecular weight excluding hydrogens is 328 g/mol. The Morgan fingerprint density at radius 2 is 1.17 bits per heavy atom. The molecule has 0 amide bonds. The summed E-state index contributed by atoms with van der Waals surface area (Å²) in [5.41, 5.74) is 0. The minimum absolute atomic E-state index is 0.00628. The fourth-order valence-electron chi connectivity index (χ4n) is 2.43. The van der Waals surface area contributed by atoms with Gasteiger partial charge in [-0.15, -0.1) is 0 Å². The summed E-state index contributed by atoms with van der Waals surface area (Å²) in [6, 6.07) is 0. The first kappa shape index (κ1) is 21.6. The number of aliphatic hydroxyl groups excluding tert-OH is 5. The third-order valence-electron chi connectivity index (χ3n) is 3.33. The number of hydrogen-bond donors (Lipinski definition) is 5. The van der Waals surface area contributed by atoms with Gasteiger partial charge in [-0.1, -0.05) is 0 Å². The van der Waals surface area contributed by atoms with Crippen LogP contribution in [0.1, 0.15) is 0 Å². The molecule has 0 aromatic heterocycles. The van der Waals surface area contributed by atoms with E-state index in [0.29, 0.717) is 0 Å². The summed E-state index contributed by atoms with van der Waals surface area (Å²) in [6.07, 6.45) is -4.56. The van der Waals surface area contributed by atoms with Gasteiger partial charge in [-0.25, -0.2) is 0 Å². The van der Waals surface area contributed by atoms with Gasteiger partial charge < -0.3 is 49.2 Å². The first-order valence-electron chi connectivity index (χ1n) is 7.89. The van der Waals surface area contributed by atoms with Crippen LogP contribution in [0.15, 0.2) is 0 Å². The van der Waals surface area contributed by atoms with Crippen molar-refractivity contribution in [3.05, 3.63) is 0 Å². The average Bonchev–Trinajstić information content (AvgIpc) is 2.58.